The molecule has 1 atom stereocenters. The molecule has 0 aromatic carbocycles. The summed E-state index contributed by atoms with van der Waals surface area (Å²) in [5.41, 5.74) is -0.364. The summed E-state index contributed by atoms with van der Waals surface area (Å²) in [4.78, 5) is 4.31. The minimum atomic E-state index is -0.466. The summed E-state index contributed by atoms with van der Waals surface area (Å²) in [5.74, 6) is 0.927. The molecule has 0 radical (unpaired) electrons. The summed E-state index contributed by atoms with van der Waals surface area (Å²) in [6, 6.07) is 0. The Morgan fingerprint density at radius 2 is 2.05 bits per heavy atom. The Hall–Kier alpha value is -0.870. The van der Waals surface area contributed by atoms with E-state index >= 15 is 0 Å². The second kappa shape index (κ2) is 6.53. The van der Waals surface area contributed by atoms with Crippen LogP contribution in [0.15, 0.2) is 12.4 Å². The molecular formula is C15H26N2O2. The van der Waals surface area contributed by atoms with E-state index in [1.54, 1.807) is 6.20 Å². The van der Waals surface area contributed by atoms with Crippen molar-refractivity contribution >= 4 is 0 Å². The minimum absolute atomic E-state index is 0.364. The Balaban J connectivity index is 2.10. The number of aromatic nitrogens is 2. The third kappa shape index (κ3) is 3.37. The quantitative estimate of drug-likeness (QED) is 0.833. The Morgan fingerprint density at radius 1 is 1.37 bits per heavy atom. The number of imidazole rings is 1. The van der Waals surface area contributed by atoms with Gasteiger partial charge in [0.2, 0.25) is 0 Å². The van der Waals surface area contributed by atoms with Gasteiger partial charge in [0.05, 0.1) is 11.7 Å². The maximum Gasteiger partial charge on any atom is 0.111 e. The molecule has 0 spiro atoms. The molecule has 1 aromatic heterocycles. The number of aryl methyl sites for hydroxylation is 1. The first-order chi connectivity index (χ1) is 9.18. The number of aliphatic hydroxyl groups is 1. The lowest BCUT2D eigenvalue weighted by Crippen LogP contribution is -2.46. The highest BCUT2D eigenvalue weighted by Gasteiger charge is 2.39. The molecule has 2 rings (SSSR count). The average molecular weight is 266 g/mol. The Kier molecular flexibility index (Phi) is 4.99. The number of ether oxygens (including phenoxy) is 1. The zero-order valence-corrected chi connectivity index (χ0v) is 12.1. The van der Waals surface area contributed by atoms with Gasteiger partial charge in [-0.15, -0.1) is 0 Å². The van der Waals surface area contributed by atoms with Gasteiger partial charge in [0, 0.05) is 32.5 Å². The van der Waals surface area contributed by atoms with Gasteiger partial charge in [0.1, 0.15) is 5.82 Å². The summed E-state index contributed by atoms with van der Waals surface area (Å²) >= 11 is 0. The van der Waals surface area contributed by atoms with E-state index in [4.69, 9.17) is 4.74 Å². The second-order valence-electron chi connectivity index (χ2n) is 5.59. The fourth-order valence-electron chi connectivity index (χ4n) is 3.14. The summed E-state index contributed by atoms with van der Waals surface area (Å²) in [7, 11) is 1.97. The van der Waals surface area contributed by atoms with E-state index in [-0.39, 0.29) is 5.60 Å². The predicted octanol–water partition coefficient (Wildman–Crippen LogP) is 2.45. The maximum absolute atomic E-state index is 10.7. The average Bonchev–Trinajstić information content (AvgIpc) is 2.66. The van der Waals surface area contributed by atoms with E-state index in [2.05, 4.69) is 4.98 Å². The zero-order valence-electron chi connectivity index (χ0n) is 12.1. The van der Waals surface area contributed by atoms with Crippen molar-refractivity contribution in [3.8, 4) is 0 Å². The molecule has 0 saturated heterocycles. The lowest BCUT2D eigenvalue weighted by Gasteiger charge is -2.37. The van der Waals surface area contributed by atoms with Crippen molar-refractivity contribution in [1.82, 2.24) is 9.55 Å². The molecule has 0 aliphatic heterocycles. The van der Waals surface area contributed by atoms with E-state index in [0.717, 1.165) is 31.5 Å². The van der Waals surface area contributed by atoms with Crippen LogP contribution in [-0.2, 0) is 18.2 Å². The van der Waals surface area contributed by atoms with E-state index in [0.29, 0.717) is 13.0 Å². The van der Waals surface area contributed by atoms with Gasteiger partial charge in [0.15, 0.2) is 0 Å². The van der Waals surface area contributed by atoms with E-state index in [1.807, 2.05) is 24.7 Å². The highest BCUT2D eigenvalue weighted by Crippen LogP contribution is 2.34. The summed E-state index contributed by atoms with van der Waals surface area (Å²) in [6.45, 7) is 2.68. The van der Waals surface area contributed by atoms with Crippen LogP contribution in [0.3, 0.4) is 0 Å². The Labute approximate surface area is 115 Å². The number of nitrogens with zero attached hydrogens (tertiary/aromatic N) is 2. The fourth-order valence-corrected chi connectivity index (χ4v) is 3.14. The van der Waals surface area contributed by atoms with Crippen LogP contribution in [0.25, 0.3) is 0 Å². The molecule has 1 aromatic rings. The van der Waals surface area contributed by atoms with Crippen LogP contribution in [0.5, 0.6) is 0 Å². The second-order valence-corrected chi connectivity index (χ2v) is 5.59. The van der Waals surface area contributed by atoms with Gasteiger partial charge in [0.25, 0.3) is 0 Å². The molecule has 4 nitrogen and oxygen atoms in total. The summed E-state index contributed by atoms with van der Waals surface area (Å²) < 4.78 is 7.99. The van der Waals surface area contributed by atoms with Crippen LogP contribution in [0, 0.1) is 0 Å². The SMILES string of the molecule is CCOC1(C(O)Cc2nccn2C)CCCCCC1. The van der Waals surface area contributed by atoms with Gasteiger partial charge in [-0.25, -0.2) is 4.98 Å². The first kappa shape index (κ1) is 14.5. The van der Waals surface area contributed by atoms with Gasteiger partial charge in [-0.3, -0.25) is 0 Å². The van der Waals surface area contributed by atoms with E-state index in [1.165, 1.54) is 12.8 Å². The number of hydrogen-bond donors (Lipinski definition) is 1. The molecule has 1 aliphatic rings. The van der Waals surface area contributed by atoms with Gasteiger partial charge in [-0.05, 0) is 19.8 Å². The van der Waals surface area contributed by atoms with Crippen LogP contribution in [0.4, 0.5) is 0 Å². The lowest BCUT2D eigenvalue weighted by molar-refractivity contribution is -0.129. The zero-order chi connectivity index (χ0) is 13.7. The van der Waals surface area contributed by atoms with Crippen LogP contribution in [0.1, 0.15) is 51.3 Å². The Morgan fingerprint density at radius 3 is 2.58 bits per heavy atom. The molecule has 1 unspecified atom stereocenters. The minimum Gasteiger partial charge on any atom is -0.390 e. The molecule has 0 amide bonds. The largest absolute Gasteiger partial charge is 0.390 e. The van der Waals surface area contributed by atoms with Crippen molar-refractivity contribution in [1.29, 1.82) is 0 Å². The van der Waals surface area contributed by atoms with Crippen molar-refractivity contribution in [3.63, 3.8) is 0 Å². The highest BCUT2D eigenvalue weighted by atomic mass is 16.5. The first-order valence-corrected chi connectivity index (χ1v) is 7.46. The molecule has 1 saturated carbocycles. The predicted molar refractivity (Wildman–Crippen MR) is 75.0 cm³/mol. The van der Waals surface area contributed by atoms with Gasteiger partial charge in [-0.1, -0.05) is 25.7 Å². The topological polar surface area (TPSA) is 47.3 Å². The van der Waals surface area contributed by atoms with Crippen molar-refractivity contribution in [2.75, 3.05) is 6.61 Å². The fraction of sp³-hybridized carbons (Fsp3) is 0.800. The van der Waals surface area contributed by atoms with Crippen LogP contribution in [-0.4, -0.2) is 33.0 Å². The lowest BCUT2D eigenvalue weighted by atomic mass is 9.86. The van der Waals surface area contributed by atoms with Crippen LogP contribution < -0.4 is 0 Å². The molecule has 4 heteroatoms. The summed E-state index contributed by atoms with van der Waals surface area (Å²) in [5, 5.41) is 10.7. The van der Waals surface area contributed by atoms with E-state index < -0.39 is 6.10 Å². The standard InChI is InChI=1S/C15H26N2O2/c1-3-19-15(8-6-4-5-7-9-15)13(18)12-14-16-10-11-17(14)2/h10-11,13,18H,3-9,12H2,1-2H3. The number of hydrogen-bond acceptors (Lipinski definition) is 3. The number of aliphatic hydroxyl groups excluding tert-OH is 1. The molecule has 1 N–H and O–H groups in total. The van der Waals surface area contributed by atoms with Crippen molar-refractivity contribution in [3.05, 3.63) is 18.2 Å². The third-order valence-electron chi connectivity index (χ3n) is 4.29. The van der Waals surface area contributed by atoms with Gasteiger partial charge >= 0.3 is 0 Å². The van der Waals surface area contributed by atoms with Gasteiger partial charge < -0.3 is 14.4 Å². The monoisotopic (exact) mass is 266 g/mol. The maximum atomic E-state index is 10.7. The molecular weight excluding hydrogens is 240 g/mol. The van der Waals surface area contributed by atoms with Crippen LogP contribution >= 0.6 is 0 Å². The Bertz CT molecular complexity index is 381. The molecule has 1 heterocycles. The van der Waals surface area contributed by atoms with Crippen molar-refractivity contribution in [2.24, 2.45) is 7.05 Å². The molecule has 1 aliphatic carbocycles. The number of rotatable bonds is 5. The normalized spacial score (nSPS) is 21.0. The first-order valence-electron chi connectivity index (χ1n) is 7.46. The molecule has 1 fully saturated rings. The molecule has 0 bridgehead atoms. The van der Waals surface area contributed by atoms with E-state index in [9.17, 15) is 5.11 Å². The van der Waals surface area contributed by atoms with Crippen molar-refractivity contribution in [2.45, 2.75) is 63.6 Å². The highest BCUT2D eigenvalue weighted by molar-refractivity contribution is 4.99. The van der Waals surface area contributed by atoms with Gasteiger partial charge in [-0.2, -0.15) is 0 Å². The van der Waals surface area contributed by atoms with Crippen LogP contribution in [0.2, 0.25) is 0 Å². The van der Waals surface area contributed by atoms with Crippen molar-refractivity contribution < 1.29 is 9.84 Å². The summed E-state index contributed by atoms with van der Waals surface area (Å²) in [6.07, 6.45) is 10.5. The smallest absolute Gasteiger partial charge is 0.111 e. The molecule has 108 valence electrons. The molecule has 19 heavy (non-hydrogen) atoms. The third-order valence-corrected chi connectivity index (χ3v) is 4.29.